The molecule has 2 aromatic carbocycles. The number of nitro benzene ring substituents is 1. The van der Waals surface area contributed by atoms with E-state index in [2.05, 4.69) is 24.8 Å². The Kier molecular flexibility index (Phi) is 4.33. The van der Waals surface area contributed by atoms with Crippen molar-refractivity contribution in [3.05, 3.63) is 69.8 Å². The van der Waals surface area contributed by atoms with Gasteiger partial charge in [0, 0.05) is 36.3 Å². The number of ether oxygens (including phenoxy) is 1. The summed E-state index contributed by atoms with van der Waals surface area (Å²) in [6.07, 6.45) is 4.36. The van der Waals surface area contributed by atoms with E-state index in [0.29, 0.717) is 24.3 Å². The molecule has 1 unspecified atom stereocenters. The van der Waals surface area contributed by atoms with Crippen LogP contribution in [-0.2, 0) is 10.2 Å². The smallest absolute Gasteiger partial charge is 0.303 e. The van der Waals surface area contributed by atoms with Gasteiger partial charge in [-0.05, 0) is 50.1 Å². The fourth-order valence-electron chi connectivity index (χ4n) is 4.38. The number of fused-ring (bicyclic) bond motifs is 2. The van der Waals surface area contributed by atoms with Crippen molar-refractivity contribution < 1.29 is 19.6 Å². The van der Waals surface area contributed by atoms with Gasteiger partial charge in [-0.25, -0.2) is 0 Å². The van der Waals surface area contributed by atoms with Crippen LogP contribution in [0.25, 0.3) is 6.08 Å². The van der Waals surface area contributed by atoms with Gasteiger partial charge in [0.2, 0.25) is 5.72 Å². The van der Waals surface area contributed by atoms with Crippen LogP contribution >= 0.6 is 0 Å². The van der Waals surface area contributed by atoms with Crippen LogP contribution in [0.2, 0.25) is 0 Å². The van der Waals surface area contributed by atoms with E-state index in [1.165, 1.54) is 12.1 Å². The van der Waals surface area contributed by atoms with E-state index in [1.807, 2.05) is 30.4 Å². The fourth-order valence-corrected chi connectivity index (χ4v) is 4.38. The highest BCUT2D eigenvalue weighted by Gasteiger charge is 2.58. The third-order valence-electron chi connectivity index (χ3n) is 5.90. The molecule has 0 amide bonds. The molecule has 29 heavy (non-hydrogen) atoms. The zero-order valence-electron chi connectivity index (χ0n) is 16.3. The highest BCUT2D eigenvalue weighted by molar-refractivity contribution is 5.73. The first-order valence-corrected chi connectivity index (χ1v) is 9.52. The zero-order chi connectivity index (χ0) is 20.8. The minimum Gasteiger partial charge on any atom is -0.481 e. The topological polar surface area (TPSA) is 92.9 Å². The predicted octanol–water partition coefficient (Wildman–Crippen LogP) is 4.36. The van der Waals surface area contributed by atoms with Gasteiger partial charge in [0.05, 0.1) is 10.3 Å². The summed E-state index contributed by atoms with van der Waals surface area (Å²) in [6, 6.07) is 12.6. The number of carboxylic acid groups (broad SMARTS) is 1. The Bertz CT molecular complexity index is 1030. The van der Waals surface area contributed by atoms with E-state index in [1.54, 1.807) is 6.07 Å². The normalized spacial score (nSPS) is 20.8. The summed E-state index contributed by atoms with van der Waals surface area (Å²) in [5, 5.41) is 20.2. The molecule has 0 fully saturated rings. The zero-order valence-corrected chi connectivity index (χ0v) is 16.3. The molecule has 0 saturated carbocycles. The largest absolute Gasteiger partial charge is 0.481 e. The van der Waals surface area contributed by atoms with Gasteiger partial charge in [-0.3, -0.25) is 14.9 Å². The Hall–Kier alpha value is -3.35. The number of para-hydroxylation sites is 1. The molecular weight excluding hydrogens is 372 g/mol. The number of carboxylic acids is 1. The van der Waals surface area contributed by atoms with Crippen molar-refractivity contribution in [2.45, 2.75) is 37.8 Å². The summed E-state index contributed by atoms with van der Waals surface area (Å²) < 4.78 is 6.55. The molecular formula is C22H22N2O5. The number of nitrogens with zero attached hydrogens (tertiary/aromatic N) is 2. The van der Waals surface area contributed by atoms with E-state index in [4.69, 9.17) is 9.84 Å². The van der Waals surface area contributed by atoms with Crippen LogP contribution in [-0.4, -0.2) is 28.3 Å². The molecule has 2 aromatic rings. The van der Waals surface area contributed by atoms with Crippen molar-refractivity contribution in [2.75, 3.05) is 11.4 Å². The van der Waals surface area contributed by atoms with Gasteiger partial charge in [-0.15, -0.1) is 0 Å². The van der Waals surface area contributed by atoms with Crippen LogP contribution in [0.1, 0.15) is 37.8 Å². The van der Waals surface area contributed by atoms with Crippen LogP contribution in [0.5, 0.6) is 5.75 Å². The van der Waals surface area contributed by atoms with Gasteiger partial charge in [0.15, 0.2) is 0 Å². The second kappa shape index (κ2) is 6.62. The van der Waals surface area contributed by atoms with Crippen molar-refractivity contribution in [1.29, 1.82) is 0 Å². The average Bonchev–Trinajstić information content (AvgIpc) is 2.86. The third kappa shape index (κ3) is 2.85. The molecule has 0 aliphatic carbocycles. The van der Waals surface area contributed by atoms with Crippen LogP contribution in [0.15, 0.2) is 48.5 Å². The molecule has 7 heteroatoms. The maximum absolute atomic E-state index is 11.1. The first-order chi connectivity index (χ1) is 13.8. The lowest BCUT2D eigenvalue weighted by Gasteiger charge is -2.47. The average molecular weight is 394 g/mol. The van der Waals surface area contributed by atoms with Crippen LogP contribution in [0, 0.1) is 10.1 Å². The summed E-state index contributed by atoms with van der Waals surface area (Å²) in [7, 11) is 0. The maximum atomic E-state index is 11.1. The third-order valence-corrected chi connectivity index (χ3v) is 5.90. The summed E-state index contributed by atoms with van der Waals surface area (Å²) in [5.41, 5.74) is 1.52. The van der Waals surface area contributed by atoms with Crippen molar-refractivity contribution >= 4 is 23.4 Å². The van der Waals surface area contributed by atoms with Gasteiger partial charge in [-0.1, -0.05) is 18.2 Å². The molecule has 4 rings (SSSR count). The number of anilines is 1. The second-order valence-electron chi connectivity index (χ2n) is 7.90. The van der Waals surface area contributed by atoms with Gasteiger partial charge in [0.25, 0.3) is 5.69 Å². The molecule has 0 saturated heterocycles. The number of hydrogen-bond acceptors (Lipinski definition) is 5. The fraction of sp³-hybridized carbons (Fsp3) is 0.318. The molecule has 7 nitrogen and oxygen atoms in total. The first-order valence-electron chi connectivity index (χ1n) is 9.52. The number of rotatable bonds is 5. The van der Waals surface area contributed by atoms with Gasteiger partial charge in [-0.2, -0.15) is 0 Å². The molecule has 2 aliphatic rings. The lowest BCUT2D eigenvalue weighted by molar-refractivity contribution is -0.384. The quantitative estimate of drug-likeness (QED) is 0.598. The number of nitro groups is 1. The molecule has 2 aliphatic heterocycles. The minimum absolute atomic E-state index is 0.0141. The van der Waals surface area contributed by atoms with Crippen LogP contribution in [0.4, 0.5) is 11.4 Å². The number of carbonyl (C=O) groups is 1. The van der Waals surface area contributed by atoms with Crippen molar-refractivity contribution in [3.63, 3.8) is 0 Å². The molecule has 0 aromatic heterocycles. The van der Waals surface area contributed by atoms with E-state index in [-0.39, 0.29) is 12.1 Å². The van der Waals surface area contributed by atoms with Crippen molar-refractivity contribution in [1.82, 2.24) is 0 Å². The highest BCUT2D eigenvalue weighted by atomic mass is 16.6. The number of non-ortho nitro benzene ring substituents is 1. The van der Waals surface area contributed by atoms with Crippen LogP contribution < -0.4 is 9.64 Å². The van der Waals surface area contributed by atoms with E-state index >= 15 is 0 Å². The summed E-state index contributed by atoms with van der Waals surface area (Å²) >= 11 is 0. The second-order valence-corrected chi connectivity index (χ2v) is 7.90. The summed E-state index contributed by atoms with van der Waals surface area (Å²) in [6.45, 7) is 4.72. The summed E-state index contributed by atoms with van der Waals surface area (Å²) in [5.74, 6) is -0.259. The van der Waals surface area contributed by atoms with Crippen molar-refractivity contribution in [2.24, 2.45) is 0 Å². The first kappa shape index (κ1) is 19.0. The van der Waals surface area contributed by atoms with Gasteiger partial charge in [0.1, 0.15) is 5.75 Å². The Morgan fingerprint density at radius 2 is 2.00 bits per heavy atom. The molecule has 0 radical (unpaired) electrons. The van der Waals surface area contributed by atoms with Crippen molar-refractivity contribution in [3.8, 4) is 5.75 Å². The van der Waals surface area contributed by atoms with E-state index < -0.39 is 22.0 Å². The maximum Gasteiger partial charge on any atom is 0.303 e. The Labute approximate surface area is 168 Å². The number of benzene rings is 2. The monoisotopic (exact) mass is 394 g/mol. The Morgan fingerprint density at radius 3 is 2.72 bits per heavy atom. The lowest BCUT2D eigenvalue weighted by atomic mass is 9.76. The molecule has 1 N–H and O–H groups in total. The van der Waals surface area contributed by atoms with E-state index in [9.17, 15) is 14.9 Å². The van der Waals surface area contributed by atoms with Gasteiger partial charge >= 0.3 is 5.97 Å². The predicted molar refractivity (Wildman–Crippen MR) is 109 cm³/mol. The molecule has 0 bridgehead atoms. The van der Waals surface area contributed by atoms with E-state index in [0.717, 1.165) is 11.3 Å². The standard InChI is InChI=1S/C22H22N2O5/c1-21(2)17-6-3-4-7-18(17)23(13-5-8-20(25)26)22(21)12-11-15-14-16(24(27)28)9-10-19(15)29-22/h3-4,6-7,9-12,14H,5,8,13H2,1-2H3,(H,25,26). The van der Waals surface area contributed by atoms with Gasteiger partial charge < -0.3 is 14.7 Å². The summed E-state index contributed by atoms with van der Waals surface area (Å²) in [4.78, 5) is 23.8. The number of aliphatic carboxylic acids is 1. The molecule has 1 spiro atoms. The molecule has 2 heterocycles. The Balaban J connectivity index is 1.78. The number of hydrogen-bond donors (Lipinski definition) is 1. The molecule has 1 atom stereocenters. The Morgan fingerprint density at radius 1 is 1.24 bits per heavy atom. The minimum atomic E-state index is -0.849. The molecule has 150 valence electrons. The van der Waals surface area contributed by atoms with Crippen LogP contribution in [0.3, 0.4) is 0 Å². The SMILES string of the molecule is CC1(C)c2ccccc2N(CCCC(=O)O)C12C=Cc1cc([N+](=O)[O-])ccc1O2. The highest BCUT2D eigenvalue weighted by Crippen LogP contribution is 2.55. The lowest BCUT2D eigenvalue weighted by Crippen LogP contribution is -2.59.